The number of aldehydes is 1. The minimum absolute atomic E-state index is 0.190. The standard InChI is InChI=1S/C29H34N4O3/c1-29(2,14-15-33-20-31-25-6-4-5-7-27(25)33)32-18-28(35)22-10-11-23(19-34)26(16-22)30-17-21-8-12-24(36-3)13-9-21/h4-13,16,19-20,28,30,32,35H,14-15,17-18H2,1-3H3. The van der Waals surface area contributed by atoms with E-state index in [1.54, 1.807) is 19.2 Å². The summed E-state index contributed by atoms with van der Waals surface area (Å²) in [4.78, 5) is 16.0. The van der Waals surface area contributed by atoms with Crippen molar-refractivity contribution in [2.24, 2.45) is 0 Å². The Morgan fingerprint density at radius 1 is 1.11 bits per heavy atom. The summed E-state index contributed by atoms with van der Waals surface area (Å²) < 4.78 is 7.36. The molecule has 0 aliphatic rings. The van der Waals surface area contributed by atoms with Gasteiger partial charge in [-0.15, -0.1) is 0 Å². The van der Waals surface area contributed by atoms with E-state index in [0.717, 1.165) is 47.2 Å². The van der Waals surface area contributed by atoms with Gasteiger partial charge in [-0.3, -0.25) is 4.79 Å². The molecule has 0 aliphatic heterocycles. The van der Waals surface area contributed by atoms with Crippen molar-refractivity contribution in [2.45, 2.75) is 45.0 Å². The molecular formula is C29H34N4O3. The highest BCUT2D eigenvalue weighted by Gasteiger charge is 2.20. The van der Waals surface area contributed by atoms with E-state index in [1.165, 1.54) is 0 Å². The number of anilines is 1. The number of nitrogens with zero attached hydrogens (tertiary/aromatic N) is 2. The molecule has 1 unspecified atom stereocenters. The molecule has 1 heterocycles. The molecule has 0 amide bonds. The maximum Gasteiger partial charge on any atom is 0.152 e. The summed E-state index contributed by atoms with van der Waals surface area (Å²) in [5.74, 6) is 0.797. The lowest BCUT2D eigenvalue weighted by atomic mass is 9.99. The maximum atomic E-state index is 11.6. The molecule has 0 radical (unpaired) electrons. The first-order valence-corrected chi connectivity index (χ1v) is 12.2. The van der Waals surface area contributed by atoms with Gasteiger partial charge in [0.15, 0.2) is 6.29 Å². The molecule has 3 N–H and O–H groups in total. The number of carbonyl (C=O) groups is 1. The van der Waals surface area contributed by atoms with Crippen LogP contribution in [0.5, 0.6) is 5.75 Å². The first-order valence-electron chi connectivity index (χ1n) is 12.2. The average molecular weight is 487 g/mol. The largest absolute Gasteiger partial charge is 0.497 e. The molecule has 0 aliphatic carbocycles. The van der Waals surface area contributed by atoms with E-state index >= 15 is 0 Å². The lowest BCUT2D eigenvalue weighted by molar-refractivity contribution is 0.112. The number of rotatable bonds is 12. The molecule has 4 rings (SSSR count). The van der Waals surface area contributed by atoms with E-state index in [0.29, 0.717) is 24.3 Å². The Morgan fingerprint density at radius 3 is 2.64 bits per heavy atom. The van der Waals surface area contributed by atoms with E-state index < -0.39 is 6.10 Å². The second-order valence-corrected chi connectivity index (χ2v) is 9.62. The van der Waals surface area contributed by atoms with Crippen molar-refractivity contribution in [3.63, 3.8) is 0 Å². The van der Waals surface area contributed by atoms with Gasteiger partial charge < -0.3 is 25.0 Å². The second-order valence-electron chi connectivity index (χ2n) is 9.62. The summed E-state index contributed by atoms with van der Waals surface area (Å²) in [6, 6.07) is 21.3. The summed E-state index contributed by atoms with van der Waals surface area (Å²) in [5.41, 5.74) is 5.00. The van der Waals surface area contributed by atoms with Crippen LogP contribution >= 0.6 is 0 Å². The second kappa shape index (κ2) is 11.4. The fourth-order valence-electron chi connectivity index (χ4n) is 4.15. The third-order valence-electron chi connectivity index (χ3n) is 6.51. The van der Waals surface area contributed by atoms with Gasteiger partial charge in [-0.05, 0) is 67.8 Å². The van der Waals surface area contributed by atoms with Gasteiger partial charge >= 0.3 is 0 Å². The number of aliphatic hydroxyl groups is 1. The van der Waals surface area contributed by atoms with Gasteiger partial charge in [-0.25, -0.2) is 4.98 Å². The number of ether oxygens (including phenoxy) is 1. The smallest absolute Gasteiger partial charge is 0.152 e. The molecule has 0 saturated carbocycles. The topological polar surface area (TPSA) is 88.4 Å². The average Bonchev–Trinajstić information content (AvgIpc) is 3.33. The van der Waals surface area contributed by atoms with Crippen LogP contribution in [0.4, 0.5) is 5.69 Å². The molecule has 0 bridgehead atoms. The highest BCUT2D eigenvalue weighted by molar-refractivity contribution is 5.84. The molecule has 1 aromatic heterocycles. The van der Waals surface area contributed by atoms with Crippen LogP contribution in [0.1, 0.15) is 47.9 Å². The van der Waals surface area contributed by atoms with Gasteiger partial charge in [0.05, 0.1) is 30.6 Å². The number of benzene rings is 3. The van der Waals surface area contributed by atoms with E-state index in [4.69, 9.17) is 4.74 Å². The number of para-hydroxylation sites is 2. The number of aryl methyl sites for hydroxylation is 1. The SMILES string of the molecule is COc1ccc(CNc2cc(C(O)CNC(C)(C)CCn3cnc4ccccc43)ccc2C=O)cc1. The van der Waals surface area contributed by atoms with Crippen LogP contribution in [0.3, 0.4) is 0 Å². The van der Waals surface area contributed by atoms with E-state index in [9.17, 15) is 9.90 Å². The fourth-order valence-corrected chi connectivity index (χ4v) is 4.15. The quantitative estimate of drug-likeness (QED) is 0.245. The fraction of sp³-hybridized carbons (Fsp3) is 0.310. The molecule has 0 spiro atoms. The summed E-state index contributed by atoms with van der Waals surface area (Å²) in [6.45, 7) is 6.05. The normalized spacial score (nSPS) is 12.4. The number of carbonyl (C=O) groups excluding carboxylic acids is 1. The monoisotopic (exact) mass is 486 g/mol. The Kier molecular flexibility index (Phi) is 8.03. The molecule has 1 atom stereocenters. The number of fused-ring (bicyclic) bond motifs is 1. The first kappa shape index (κ1) is 25.4. The van der Waals surface area contributed by atoms with Crippen LogP contribution in [-0.2, 0) is 13.1 Å². The number of imidazole rings is 1. The summed E-state index contributed by atoms with van der Waals surface area (Å²) in [6.07, 6.45) is 2.87. The highest BCUT2D eigenvalue weighted by Crippen LogP contribution is 2.23. The molecule has 4 aromatic rings. The maximum absolute atomic E-state index is 11.6. The zero-order chi connectivity index (χ0) is 25.5. The number of methoxy groups -OCH3 is 1. The van der Waals surface area contributed by atoms with Crippen LogP contribution < -0.4 is 15.4 Å². The summed E-state index contributed by atoms with van der Waals surface area (Å²) >= 11 is 0. The van der Waals surface area contributed by atoms with Gasteiger partial charge in [0.25, 0.3) is 0 Å². The minimum Gasteiger partial charge on any atom is -0.497 e. The Balaban J connectivity index is 1.35. The number of β-amino-alcohol motifs (C(OH)–C–C–N with tert-alkyl or cyclic N) is 1. The van der Waals surface area contributed by atoms with Gasteiger partial charge in [-0.2, -0.15) is 0 Å². The van der Waals surface area contributed by atoms with Crippen molar-refractivity contribution in [1.29, 1.82) is 0 Å². The number of aromatic nitrogens is 2. The molecule has 7 heteroatoms. The Bertz CT molecular complexity index is 1300. The van der Waals surface area contributed by atoms with E-state index in [-0.39, 0.29) is 5.54 Å². The molecule has 7 nitrogen and oxygen atoms in total. The Morgan fingerprint density at radius 2 is 1.89 bits per heavy atom. The number of nitrogens with one attached hydrogen (secondary N) is 2. The molecule has 3 aromatic carbocycles. The van der Waals surface area contributed by atoms with E-state index in [2.05, 4.69) is 40.1 Å². The number of aliphatic hydroxyl groups excluding tert-OH is 1. The van der Waals surface area contributed by atoms with Gasteiger partial charge in [0.1, 0.15) is 5.75 Å². The molecule has 0 fully saturated rings. The molecule has 188 valence electrons. The first-order chi connectivity index (χ1) is 17.4. The predicted molar refractivity (Wildman–Crippen MR) is 144 cm³/mol. The third-order valence-corrected chi connectivity index (χ3v) is 6.51. The van der Waals surface area contributed by atoms with Gasteiger partial charge in [0, 0.05) is 36.4 Å². The van der Waals surface area contributed by atoms with Crippen molar-refractivity contribution in [3.05, 3.63) is 89.7 Å². The highest BCUT2D eigenvalue weighted by atomic mass is 16.5. The van der Waals surface area contributed by atoms with Crippen molar-refractivity contribution in [1.82, 2.24) is 14.9 Å². The number of hydrogen-bond donors (Lipinski definition) is 3. The van der Waals surface area contributed by atoms with E-state index in [1.807, 2.05) is 54.9 Å². The lowest BCUT2D eigenvalue weighted by Gasteiger charge is -2.28. The molecule has 0 saturated heterocycles. The van der Waals surface area contributed by atoms with Crippen LogP contribution in [0.15, 0.2) is 73.1 Å². The molecule has 36 heavy (non-hydrogen) atoms. The minimum atomic E-state index is -0.708. The predicted octanol–water partition coefficient (Wildman–Crippen LogP) is 4.96. The van der Waals surface area contributed by atoms with Crippen molar-refractivity contribution < 1.29 is 14.6 Å². The van der Waals surface area contributed by atoms with Gasteiger partial charge in [-0.1, -0.05) is 30.3 Å². The van der Waals surface area contributed by atoms with Gasteiger partial charge in [0.2, 0.25) is 0 Å². The zero-order valence-corrected chi connectivity index (χ0v) is 21.1. The zero-order valence-electron chi connectivity index (χ0n) is 21.1. The third kappa shape index (κ3) is 6.30. The van der Waals surface area contributed by atoms with Crippen LogP contribution in [0, 0.1) is 0 Å². The lowest BCUT2D eigenvalue weighted by Crippen LogP contribution is -2.42. The van der Waals surface area contributed by atoms with Crippen LogP contribution in [0.25, 0.3) is 11.0 Å². The van der Waals surface area contributed by atoms with Crippen LogP contribution in [0.2, 0.25) is 0 Å². The Labute approximate surface area is 212 Å². The van der Waals surface area contributed by atoms with Crippen molar-refractivity contribution in [2.75, 3.05) is 19.0 Å². The Hall–Kier alpha value is -3.68. The summed E-state index contributed by atoms with van der Waals surface area (Å²) in [7, 11) is 1.64. The molecular weight excluding hydrogens is 452 g/mol. The van der Waals surface area contributed by atoms with Crippen molar-refractivity contribution >= 4 is 23.0 Å². The van der Waals surface area contributed by atoms with Crippen molar-refractivity contribution in [3.8, 4) is 5.75 Å². The summed E-state index contributed by atoms with van der Waals surface area (Å²) in [5, 5.41) is 17.7. The number of hydrogen-bond acceptors (Lipinski definition) is 6. The van der Waals surface area contributed by atoms with Crippen LogP contribution in [-0.4, -0.2) is 40.1 Å².